The number of anilines is 1. The first kappa shape index (κ1) is 15.8. The van der Waals surface area contributed by atoms with Gasteiger partial charge in [0.25, 0.3) is 0 Å². The minimum absolute atomic E-state index is 0.145. The number of benzene rings is 1. The van der Waals surface area contributed by atoms with Crippen LogP contribution >= 0.6 is 0 Å². The number of carbonyl (C=O) groups excluding carboxylic acids is 1. The zero-order valence-electron chi connectivity index (χ0n) is 12.7. The van der Waals surface area contributed by atoms with E-state index in [1.165, 1.54) is 4.90 Å². The number of urea groups is 1. The highest BCUT2D eigenvalue weighted by Gasteiger charge is 2.32. The summed E-state index contributed by atoms with van der Waals surface area (Å²) in [6, 6.07) is 6.88. The Labute approximate surface area is 129 Å². The van der Waals surface area contributed by atoms with Gasteiger partial charge < -0.3 is 15.3 Å². The Morgan fingerprint density at radius 1 is 1.41 bits per heavy atom. The number of likely N-dealkylation sites (tertiary alicyclic amines) is 1. The van der Waals surface area contributed by atoms with Gasteiger partial charge in [-0.25, -0.2) is 4.79 Å². The summed E-state index contributed by atoms with van der Waals surface area (Å²) < 4.78 is 0. The molecule has 2 amide bonds. The van der Waals surface area contributed by atoms with Crippen molar-refractivity contribution in [3.8, 4) is 6.07 Å². The average Bonchev–Trinajstić information content (AvgIpc) is 2.48. The van der Waals surface area contributed by atoms with Gasteiger partial charge in [0, 0.05) is 18.8 Å². The minimum Gasteiger partial charge on any atom is -0.481 e. The monoisotopic (exact) mass is 301 g/mol. The van der Waals surface area contributed by atoms with E-state index >= 15 is 0 Å². The molecule has 2 unspecified atom stereocenters. The Kier molecular flexibility index (Phi) is 4.66. The van der Waals surface area contributed by atoms with Crippen molar-refractivity contribution in [1.82, 2.24) is 4.90 Å². The second-order valence-electron chi connectivity index (χ2n) is 5.80. The third-order valence-corrected chi connectivity index (χ3v) is 3.99. The summed E-state index contributed by atoms with van der Waals surface area (Å²) in [6.45, 7) is 4.46. The van der Waals surface area contributed by atoms with Gasteiger partial charge in [0.2, 0.25) is 0 Å². The fourth-order valence-electron chi connectivity index (χ4n) is 2.78. The molecule has 6 nitrogen and oxygen atoms in total. The smallest absolute Gasteiger partial charge is 0.321 e. The molecule has 0 bridgehead atoms. The standard InChI is InChI=1S/C16H19N3O3/c1-10-6-13(15(20)21)9-19(8-10)16(22)18-14-5-3-4-12(7-17)11(14)2/h3-5,10,13H,6,8-9H2,1-2H3,(H,18,22)(H,20,21). The highest BCUT2D eigenvalue weighted by Crippen LogP contribution is 2.24. The summed E-state index contributed by atoms with van der Waals surface area (Å²) in [5.74, 6) is -1.25. The van der Waals surface area contributed by atoms with Gasteiger partial charge in [0.1, 0.15) is 0 Å². The quantitative estimate of drug-likeness (QED) is 0.877. The molecule has 0 saturated carbocycles. The summed E-state index contributed by atoms with van der Waals surface area (Å²) in [5.41, 5.74) is 1.79. The van der Waals surface area contributed by atoms with E-state index in [2.05, 4.69) is 11.4 Å². The molecule has 1 aliphatic heterocycles. The molecule has 1 fully saturated rings. The fraction of sp³-hybridized carbons (Fsp3) is 0.438. The summed E-state index contributed by atoms with van der Waals surface area (Å²) in [6.07, 6.45) is 0.585. The Hall–Kier alpha value is -2.55. The molecule has 2 atom stereocenters. The van der Waals surface area contributed by atoms with Crippen LogP contribution in [0.1, 0.15) is 24.5 Å². The van der Waals surface area contributed by atoms with E-state index in [1.807, 2.05) is 6.92 Å². The van der Waals surface area contributed by atoms with Gasteiger partial charge in [-0.1, -0.05) is 13.0 Å². The van der Waals surface area contributed by atoms with Crippen LogP contribution < -0.4 is 5.32 Å². The van der Waals surface area contributed by atoms with Crippen molar-refractivity contribution in [3.63, 3.8) is 0 Å². The summed E-state index contributed by atoms with van der Waals surface area (Å²) in [4.78, 5) is 25.1. The lowest BCUT2D eigenvalue weighted by atomic mass is 9.91. The molecular formula is C16H19N3O3. The van der Waals surface area contributed by atoms with Crippen LogP contribution in [0, 0.1) is 30.1 Å². The Balaban J connectivity index is 2.12. The van der Waals surface area contributed by atoms with E-state index in [1.54, 1.807) is 25.1 Å². The normalized spacial score (nSPS) is 21.0. The molecule has 2 rings (SSSR count). The molecule has 0 aliphatic carbocycles. The molecule has 1 aliphatic rings. The molecule has 0 spiro atoms. The number of nitrogens with one attached hydrogen (secondary N) is 1. The molecule has 0 aromatic heterocycles. The van der Waals surface area contributed by atoms with Crippen LogP contribution in [0.25, 0.3) is 0 Å². The van der Waals surface area contributed by atoms with Crippen LogP contribution in [0.2, 0.25) is 0 Å². The topological polar surface area (TPSA) is 93.4 Å². The summed E-state index contributed by atoms with van der Waals surface area (Å²) >= 11 is 0. The van der Waals surface area contributed by atoms with Gasteiger partial charge in [0.15, 0.2) is 0 Å². The van der Waals surface area contributed by atoms with Gasteiger partial charge in [-0.3, -0.25) is 4.79 Å². The van der Waals surface area contributed by atoms with Crippen molar-refractivity contribution in [1.29, 1.82) is 5.26 Å². The Morgan fingerprint density at radius 3 is 2.77 bits per heavy atom. The van der Waals surface area contributed by atoms with Gasteiger partial charge in [0.05, 0.1) is 17.6 Å². The molecular weight excluding hydrogens is 282 g/mol. The first-order valence-corrected chi connectivity index (χ1v) is 7.20. The number of carboxylic acids is 1. The number of carboxylic acid groups (broad SMARTS) is 1. The number of rotatable bonds is 2. The lowest BCUT2D eigenvalue weighted by Crippen LogP contribution is -2.47. The maximum absolute atomic E-state index is 12.4. The van der Waals surface area contributed by atoms with Crippen LogP contribution in [0.15, 0.2) is 18.2 Å². The number of amides is 2. The highest BCUT2D eigenvalue weighted by atomic mass is 16.4. The average molecular weight is 301 g/mol. The molecule has 6 heteroatoms. The number of carbonyl (C=O) groups is 2. The first-order valence-electron chi connectivity index (χ1n) is 7.20. The zero-order valence-corrected chi connectivity index (χ0v) is 12.7. The largest absolute Gasteiger partial charge is 0.481 e. The maximum Gasteiger partial charge on any atom is 0.321 e. The van der Waals surface area contributed by atoms with Crippen molar-refractivity contribution < 1.29 is 14.7 Å². The molecule has 116 valence electrons. The molecule has 1 aromatic carbocycles. The van der Waals surface area contributed by atoms with Crippen molar-refractivity contribution in [2.24, 2.45) is 11.8 Å². The number of hydrogen-bond acceptors (Lipinski definition) is 3. The molecule has 2 N–H and O–H groups in total. The predicted octanol–water partition coefficient (Wildman–Crippen LogP) is 2.44. The van der Waals surface area contributed by atoms with Gasteiger partial charge >= 0.3 is 12.0 Å². The Bertz CT molecular complexity index is 636. The molecule has 1 heterocycles. The van der Waals surface area contributed by atoms with Crippen LogP contribution in [-0.2, 0) is 4.79 Å². The first-order chi connectivity index (χ1) is 10.4. The molecule has 1 aromatic rings. The Morgan fingerprint density at radius 2 is 2.14 bits per heavy atom. The molecule has 0 radical (unpaired) electrons. The fourth-order valence-corrected chi connectivity index (χ4v) is 2.78. The number of nitriles is 1. The van der Waals surface area contributed by atoms with Crippen molar-refractivity contribution in [2.75, 3.05) is 18.4 Å². The SMILES string of the molecule is Cc1c(C#N)cccc1NC(=O)N1CC(C)CC(C(=O)O)C1. The van der Waals surface area contributed by atoms with E-state index in [4.69, 9.17) is 10.4 Å². The third-order valence-electron chi connectivity index (χ3n) is 3.99. The summed E-state index contributed by atoms with van der Waals surface area (Å²) in [5, 5.41) is 21.0. The van der Waals surface area contributed by atoms with Crippen LogP contribution in [0.5, 0.6) is 0 Å². The second kappa shape index (κ2) is 6.48. The minimum atomic E-state index is -0.869. The van der Waals surface area contributed by atoms with Gasteiger partial charge in [-0.05, 0) is 37.0 Å². The van der Waals surface area contributed by atoms with Crippen molar-refractivity contribution >= 4 is 17.7 Å². The van der Waals surface area contributed by atoms with E-state index in [0.29, 0.717) is 29.8 Å². The zero-order chi connectivity index (χ0) is 16.3. The number of piperidine rings is 1. The van der Waals surface area contributed by atoms with Gasteiger partial charge in [-0.15, -0.1) is 0 Å². The van der Waals surface area contributed by atoms with Crippen LogP contribution in [-0.4, -0.2) is 35.1 Å². The molecule has 1 saturated heterocycles. The van der Waals surface area contributed by atoms with Crippen LogP contribution in [0.4, 0.5) is 10.5 Å². The third kappa shape index (κ3) is 3.37. The number of hydrogen-bond donors (Lipinski definition) is 2. The van der Waals surface area contributed by atoms with E-state index < -0.39 is 11.9 Å². The van der Waals surface area contributed by atoms with Crippen molar-refractivity contribution in [3.05, 3.63) is 29.3 Å². The number of aliphatic carboxylic acids is 1. The van der Waals surface area contributed by atoms with Crippen molar-refractivity contribution in [2.45, 2.75) is 20.3 Å². The lowest BCUT2D eigenvalue weighted by Gasteiger charge is -2.34. The predicted molar refractivity (Wildman–Crippen MR) is 81.4 cm³/mol. The van der Waals surface area contributed by atoms with E-state index in [0.717, 1.165) is 0 Å². The van der Waals surface area contributed by atoms with E-state index in [-0.39, 0.29) is 18.5 Å². The molecule has 22 heavy (non-hydrogen) atoms. The van der Waals surface area contributed by atoms with Gasteiger partial charge in [-0.2, -0.15) is 5.26 Å². The number of nitrogens with zero attached hydrogens (tertiary/aromatic N) is 2. The second-order valence-corrected chi connectivity index (χ2v) is 5.80. The van der Waals surface area contributed by atoms with E-state index in [9.17, 15) is 9.59 Å². The highest BCUT2D eigenvalue weighted by molar-refractivity contribution is 5.91. The maximum atomic E-state index is 12.4. The summed E-state index contributed by atoms with van der Waals surface area (Å²) in [7, 11) is 0. The van der Waals surface area contributed by atoms with Crippen LogP contribution in [0.3, 0.4) is 0 Å². The lowest BCUT2D eigenvalue weighted by molar-refractivity contribution is -0.143.